The van der Waals surface area contributed by atoms with Crippen LogP contribution in [0.15, 0.2) is 0 Å². The summed E-state index contributed by atoms with van der Waals surface area (Å²) in [5, 5.41) is 6.25. The second-order valence-electron chi connectivity index (χ2n) is 5.86. The minimum absolute atomic E-state index is 0.00449. The minimum Gasteiger partial charge on any atom is -0.352 e. The molecular weight excluding hydrogens is 252 g/mol. The molecule has 1 amide bonds. The van der Waals surface area contributed by atoms with Gasteiger partial charge in [0.2, 0.25) is 5.91 Å². The van der Waals surface area contributed by atoms with Gasteiger partial charge in [-0.1, -0.05) is 0 Å². The fraction of sp³-hybridized carbons (Fsp3) is 0.917. The highest BCUT2D eigenvalue weighted by Gasteiger charge is 2.46. The Labute approximate surface area is 109 Å². The molecule has 0 bridgehead atoms. The topological polar surface area (TPSA) is 75.3 Å². The predicted molar refractivity (Wildman–Crippen MR) is 70.0 cm³/mol. The average Bonchev–Trinajstić information content (AvgIpc) is 2.95. The third-order valence-electron chi connectivity index (χ3n) is 3.72. The summed E-state index contributed by atoms with van der Waals surface area (Å²) in [6.45, 7) is 1.84. The van der Waals surface area contributed by atoms with Crippen molar-refractivity contribution >= 4 is 15.7 Å². The van der Waals surface area contributed by atoms with Crippen LogP contribution in [0.2, 0.25) is 0 Å². The first-order valence-electron chi connectivity index (χ1n) is 6.56. The number of sulfone groups is 1. The number of carbonyl (C=O) groups excluding carboxylic acids is 1. The summed E-state index contributed by atoms with van der Waals surface area (Å²) in [4.78, 5) is 11.9. The van der Waals surface area contributed by atoms with E-state index in [2.05, 4.69) is 10.6 Å². The van der Waals surface area contributed by atoms with Crippen LogP contribution in [0, 0.1) is 5.41 Å². The van der Waals surface area contributed by atoms with Gasteiger partial charge in [-0.25, -0.2) is 8.42 Å². The molecular formula is C12H22N2O3S. The van der Waals surface area contributed by atoms with E-state index in [1.54, 1.807) is 0 Å². The molecule has 18 heavy (non-hydrogen) atoms. The third kappa shape index (κ3) is 4.24. The average molecular weight is 274 g/mol. The molecule has 2 N–H and O–H groups in total. The predicted octanol–water partition coefficient (Wildman–Crippen LogP) is 0.0695. The van der Waals surface area contributed by atoms with E-state index in [9.17, 15) is 13.2 Å². The summed E-state index contributed by atoms with van der Waals surface area (Å²) < 4.78 is 22.6. The van der Waals surface area contributed by atoms with E-state index in [4.69, 9.17) is 0 Å². The Morgan fingerprint density at radius 2 is 2.17 bits per heavy atom. The fourth-order valence-corrected chi connectivity index (χ4v) is 4.20. The smallest absolute Gasteiger partial charge is 0.220 e. The monoisotopic (exact) mass is 274 g/mol. The van der Waals surface area contributed by atoms with Gasteiger partial charge in [-0.15, -0.1) is 0 Å². The van der Waals surface area contributed by atoms with E-state index >= 15 is 0 Å². The SMILES string of the molecule is CS(=O)(=O)CC1(CC(=O)NC2CCCNC2)CC1. The van der Waals surface area contributed by atoms with Gasteiger partial charge in [0.05, 0.1) is 5.75 Å². The molecule has 104 valence electrons. The van der Waals surface area contributed by atoms with Crippen LogP contribution in [0.25, 0.3) is 0 Å². The maximum absolute atomic E-state index is 11.9. The molecule has 1 saturated heterocycles. The maximum atomic E-state index is 11.9. The van der Waals surface area contributed by atoms with Gasteiger partial charge in [0.15, 0.2) is 0 Å². The number of hydrogen-bond donors (Lipinski definition) is 2. The van der Waals surface area contributed by atoms with Crippen LogP contribution >= 0.6 is 0 Å². The lowest BCUT2D eigenvalue weighted by atomic mass is 10.0. The van der Waals surface area contributed by atoms with E-state index in [1.165, 1.54) is 6.26 Å². The normalized spacial score (nSPS) is 26.6. The quantitative estimate of drug-likeness (QED) is 0.744. The molecule has 0 radical (unpaired) electrons. The highest BCUT2D eigenvalue weighted by Crippen LogP contribution is 2.49. The lowest BCUT2D eigenvalue weighted by molar-refractivity contribution is -0.122. The van der Waals surface area contributed by atoms with E-state index in [1.807, 2.05) is 0 Å². The molecule has 5 nitrogen and oxygen atoms in total. The van der Waals surface area contributed by atoms with Crippen molar-refractivity contribution < 1.29 is 13.2 Å². The van der Waals surface area contributed by atoms with Crippen molar-refractivity contribution in [2.75, 3.05) is 25.1 Å². The van der Waals surface area contributed by atoms with Crippen molar-refractivity contribution in [1.29, 1.82) is 0 Å². The molecule has 1 heterocycles. The van der Waals surface area contributed by atoms with Gasteiger partial charge in [0.1, 0.15) is 9.84 Å². The van der Waals surface area contributed by atoms with Crippen LogP contribution in [0.4, 0.5) is 0 Å². The molecule has 1 atom stereocenters. The standard InChI is InChI=1S/C12H22N2O3S/c1-18(16,17)9-12(4-5-12)7-11(15)14-10-3-2-6-13-8-10/h10,13H,2-9H2,1H3,(H,14,15). The van der Waals surface area contributed by atoms with Gasteiger partial charge in [0.25, 0.3) is 0 Å². The van der Waals surface area contributed by atoms with Crippen LogP contribution in [0.1, 0.15) is 32.1 Å². The van der Waals surface area contributed by atoms with E-state index < -0.39 is 9.84 Å². The number of piperidine rings is 1. The number of hydrogen-bond acceptors (Lipinski definition) is 4. The van der Waals surface area contributed by atoms with Gasteiger partial charge in [0, 0.05) is 25.3 Å². The van der Waals surface area contributed by atoms with Crippen molar-refractivity contribution in [1.82, 2.24) is 10.6 Å². The Balaban J connectivity index is 1.80. The zero-order chi connectivity index (χ0) is 13.2. The Bertz CT molecular complexity index is 409. The Morgan fingerprint density at radius 1 is 1.44 bits per heavy atom. The zero-order valence-electron chi connectivity index (χ0n) is 10.9. The fourth-order valence-electron chi connectivity index (χ4n) is 2.70. The molecule has 0 aromatic heterocycles. The number of nitrogens with one attached hydrogen (secondary N) is 2. The van der Waals surface area contributed by atoms with Crippen LogP contribution in [-0.2, 0) is 14.6 Å². The number of carbonyl (C=O) groups is 1. The van der Waals surface area contributed by atoms with Gasteiger partial charge < -0.3 is 10.6 Å². The summed E-state index contributed by atoms with van der Waals surface area (Å²) in [6.07, 6.45) is 5.41. The molecule has 2 rings (SSSR count). The lowest BCUT2D eigenvalue weighted by Gasteiger charge is -2.24. The summed E-state index contributed by atoms with van der Waals surface area (Å²) in [5.74, 6) is 0.154. The van der Waals surface area contributed by atoms with Crippen LogP contribution in [-0.4, -0.2) is 45.5 Å². The third-order valence-corrected chi connectivity index (χ3v) is 4.86. The first-order chi connectivity index (χ1) is 8.39. The summed E-state index contributed by atoms with van der Waals surface area (Å²) >= 11 is 0. The van der Waals surface area contributed by atoms with Crippen molar-refractivity contribution in [3.63, 3.8) is 0 Å². The van der Waals surface area contributed by atoms with Crippen molar-refractivity contribution in [3.8, 4) is 0 Å². The summed E-state index contributed by atoms with van der Waals surface area (Å²) in [5.41, 5.74) is -0.264. The second kappa shape index (κ2) is 5.17. The molecule has 0 spiro atoms. The largest absolute Gasteiger partial charge is 0.352 e. The van der Waals surface area contributed by atoms with E-state index in [-0.39, 0.29) is 23.1 Å². The Hall–Kier alpha value is -0.620. The van der Waals surface area contributed by atoms with Gasteiger partial charge >= 0.3 is 0 Å². The Morgan fingerprint density at radius 3 is 2.67 bits per heavy atom. The minimum atomic E-state index is -2.99. The molecule has 2 aliphatic rings. The second-order valence-corrected chi connectivity index (χ2v) is 8.00. The molecule has 2 fully saturated rings. The zero-order valence-corrected chi connectivity index (χ0v) is 11.7. The molecule has 0 aromatic carbocycles. The van der Waals surface area contributed by atoms with Crippen LogP contribution < -0.4 is 10.6 Å². The van der Waals surface area contributed by atoms with Gasteiger partial charge in [-0.3, -0.25) is 4.79 Å². The lowest BCUT2D eigenvalue weighted by Crippen LogP contribution is -2.46. The molecule has 0 aromatic rings. The summed E-state index contributed by atoms with van der Waals surface area (Å²) in [6, 6.07) is 0.209. The van der Waals surface area contributed by atoms with Crippen LogP contribution in [0.5, 0.6) is 0 Å². The summed E-state index contributed by atoms with van der Waals surface area (Å²) in [7, 11) is -2.99. The molecule has 1 saturated carbocycles. The van der Waals surface area contributed by atoms with Crippen molar-refractivity contribution in [2.24, 2.45) is 5.41 Å². The number of rotatable bonds is 5. The van der Waals surface area contributed by atoms with Crippen LogP contribution in [0.3, 0.4) is 0 Å². The van der Waals surface area contributed by atoms with Gasteiger partial charge in [-0.05, 0) is 37.6 Å². The highest BCUT2D eigenvalue weighted by molar-refractivity contribution is 7.90. The molecule has 1 aliphatic carbocycles. The van der Waals surface area contributed by atoms with Crippen molar-refractivity contribution in [2.45, 2.75) is 38.1 Å². The first-order valence-corrected chi connectivity index (χ1v) is 8.62. The van der Waals surface area contributed by atoms with Gasteiger partial charge in [-0.2, -0.15) is 0 Å². The molecule has 1 unspecified atom stereocenters. The Kier molecular flexibility index (Phi) is 3.96. The first kappa shape index (κ1) is 13.8. The van der Waals surface area contributed by atoms with E-state index in [0.717, 1.165) is 38.8 Å². The molecule has 6 heteroatoms. The highest BCUT2D eigenvalue weighted by atomic mass is 32.2. The maximum Gasteiger partial charge on any atom is 0.220 e. The van der Waals surface area contributed by atoms with Crippen molar-refractivity contribution in [3.05, 3.63) is 0 Å². The van der Waals surface area contributed by atoms with E-state index in [0.29, 0.717) is 6.42 Å². The molecule has 1 aliphatic heterocycles. The number of amides is 1.